The Kier molecular flexibility index (Phi) is 4.15. The van der Waals surface area contributed by atoms with E-state index in [1.165, 1.54) is 18.0 Å². The molecule has 0 saturated carbocycles. The number of anilines is 1. The van der Waals surface area contributed by atoms with Gasteiger partial charge in [0.15, 0.2) is 0 Å². The van der Waals surface area contributed by atoms with Gasteiger partial charge in [0.25, 0.3) is 5.91 Å². The largest absolute Gasteiger partial charge is 0.306 e. The van der Waals surface area contributed by atoms with Crippen LogP contribution in [-0.4, -0.2) is 26.8 Å². The number of H-pyrrole nitrogens is 1. The molecule has 0 saturated heterocycles. The molecule has 0 aliphatic carbocycles. The molecular formula is C12H11N5OS. The summed E-state index contributed by atoms with van der Waals surface area (Å²) in [6, 6.07) is 5.36. The third-order valence-corrected chi connectivity index (χ3v) is 3.15. The van der Waals surface area contributed by atoms with Gasteiger partial charge in [-0.05, 0) is 17.9 Å². The highest BCUT2D eigenvalue weighted by molar-refractivity contribution is 7.99. The molecule has 6 nitrogen and oxygen atoms in total. The first-order chi connectivity index (χ1) is 9.26. The fourth-order valence-corrected chi connectivity index (χ4v) is 2.12. The van der Waals surface area contributed by atoms with Crippen molar-refractivity contribution in [2.24, 2.45) is 0 Å². The normalized spacial score (nSPS) is 9.89. The number of carbonyl (C=O) groups excluding carboxylic acids is 1. The summed E-state index contributed by atoms with van der Waals surface area (Å²) in [6.45, 7) is 1.97. The van der Waals surface area contributed by atoms with Gasteiger partial charge in [0.2, 0.25) is 0 Å². The van der Waals surface area contributed by atoms with E-state index in [9.17, 15) is 4.79 Å². The fourth-order valence-electron chi connectivity index (χ4n) is 1.44. The zero-order valence-corrected chi connectivity index (χ0v) is 11.0. The van der Waals surface area contributed by atoms with Gasteiger partial charge in [-0.1, -0.05) is 6.92 Å². The van der Waals surface area contributed by atoms with Crippen molar-refractivity contribution < 1.29 is 4.79 Å². The number of aromatic nitrogens is 3. The highest BCUT2D eigenvalue weighted by atomic mass is 32.2. The Labute approximate surface area is 114 Å². The van der Waals surface area contributed by atoms with Gasteiger partial charge in [-0.15, -0.1) is 11.8 Å². The Hall–Kier alpha value is -2.33. The minimum Gasteiger partial charge on any atom is -0.306 e. The molecule has 2 aromatic heterocycles. The molecule has 2 N–H and O–H groups in total. The maximum Gasteiger partial charge on any atom is 0.258 e. The molecule has 2 heterocycles. The van der Waals surface area contributed by atoms with Gasteiger partial charge in [0, 0.05) is 12.4 Å². The fraction of sp³-hybridized carbons (Fsp3) is 0.167. The van der Waals surface area contributed by atoms with Crippen LogP contribution in [0.3, 0.4) is 0 Å². The maximum atomic E-state index is 11.9. The Morgan fingerprint density at radius 3 is 3.11 bits per heavy atom. The summed E-state index contributed by atoms with van der Waals surface area (Å²) in [6.07, 6.45) is 3.04. The van der Waals surface area contributed by atoms with Crippen LogP contribution in [0.2, 0.25) is 0 Å². The molecule has 0 aliphatic rings. The van der Waals surface area contributed by atoms with Crippen LogP contribution in [0.5, 0.6) is 0 Å². The molecule has 0 radical (unpaired) electrons. The standard InChI is InChI=1S/C12H11N5OS/c1-2-19-12-9(6-13)10(16-17-12)15-11(18)8-4-3-5-14-7-8/h3-5,7H,2H2,1H3,(H2,15,16,17,18). The summed E-state index contributed by atoms with van der Waals surface area (Å²) in [5, 5.41) is 19.0. The summed E-state index contributed by atoms with van der Waals surface area (Å²) in [7, 11) is 0. The molecule has 0 aromatic carbocycles. The monoisotopic (exact) mass is 273 g/mol. The summed E-state index contributed by atoms with van der Waals surface area (Å²) < 4.78 is 0. The van der Waals surface area contributed by atoms with Crippen LogP contribution in [0, 0.1) is 11.3 Å². The van der Waals surface area contributed by atoms with Gasteiger partial charge in [-0.25, -0.2) is 0 Å². The Balaban J connectivity index is 2.20. The lowest BCUT2D eigenvalue weighted by Gasteiger charge is -2.02. The van der Waals surface area contributed by atoms with E-state index in [4.69, 9.17) is 5.26 Å². The molecule has 19 heavy (non-hydrogen) atoms. The van der Waals surface area contributed by atoms with Crippen LogP contribution in [0.4, 0.5) is 5.82 Å². The number of nitrogens with zero attached hydrogens (tertiary/aromatic N) is 3. The summed E-state index contributed by atoms with van der Waals surface area (Å²) in [4.78, 5) is 15.8. The number of thioether (sulfide) groups is 1. The number of hydrogen-bond donors (Lipinski definition) is 2. The first-order valence-corrected chi connectivity index (χ1v) is 6.57. The van der Waals surface area contributed by atoms with Gasteiger partial charge >= 0.3 is 0 Å². The quantitative estimate of drug-likeness (QED) is 0.831. The molecule has 0 spiro atoms. The van der Waals surface area contributed by atoms with E-state index in [0.29, 0.717) is 22.0 Å². The van der Waals surface area contributed by atoms with Gasteiger partial charge in [0.1, 0.15) is 22.5 Å². The lowest BCUT2D eigenvalue weighted by Crippen LogP contribution is -2.13. The highest BCUT2D eigenvalue weighted by Gasteiger charge is 2.15. The van der Waals surface area contributed by atoms with E-state index in [0.717, 1.165) is 5.75 Å². The minimum absolute atomic E-state index is 0.312. The van der Waals surface area contributed by atoms with E-state index in [1.807, 2.05) is 13.0 Å². The summed E-state index contributed by atoms with van der Waals surface area (Å²) in [5.74, 6) is 0.781. The summed E-state index contributed by atoms with van der Waals surface area (Å²) >= 11 is 1.44. The van der Waals surface area contributed by atoms with Crippen molar-refractivity contribution >= 4 is 23.5 Å². The van der Waals surface area contributed by atoms with Crippen molar-refractivity contribution in [3.63, 3.8) is 0 Å². The van der Waals surface area contributed by atoms with Gasteiger partial charge in [0.05, 0.1) is 5.56 Å². The molecule has 2 aromatic rings. The van der Waals surface area contributed by atoms with Gasteiger partial charge in [-0.3, -0.25) is 14.9 Å². The lowest BCUT2D eigenvalue weighted by molar-refractivity contribution is 0.102. The predicted octanol–water partition coefficient (Wildman–Crippen LogP) is 2.04. The van der Waals surface area contributed by atoms with Gasteiger partial charge in [-0.2, -0.15) is 10.4 Å². The summed E-state index contributed by atoms with van der Waals surface area (Å²) in [5.41, 5.74) is 0.773. The third kappa shape index (κ3) is 2.92. The van der Waals surface area contributed by atoms with E-state index < -0.39 is 0 Å². The van der Waals surface area contributed by atoms with E-state index in [1.54, 1.807) is 18.3 Å². The topological polar surface area (TPSA) is 94.5 Å². The average molecular weight is 273 g/mol. The van der Waals surface area contributed by atoms with E-state index in [-0.39, 0.29) is 5.91 Å². The van der Waals surface area contributed by atoms with Crippen LogP contribution < -0.4 is 5.32 Å². The lowest BCUT2D eigenvalue weighted by atomic mass is 10.2. The number of amides is 1. The minimum atomic E-state index is -0.332. The Morgan fingerprint density at radius 2 is 2.47 bits per heavy atom. The predicted molar refractivity (Wildman–Crippen MR) is 71.9 cm³/mol. The number of nitrogens with one attached hydrogen (secondary N) is 2. The first kappa shape index (κ1) is 13.1. The first-order valence-electron chi connectivity index (χ1n) is 5.59. The van der Waals surface area contributed by atoms with Crippen molar-refractivity contribution in [3.05, 3.63) is 35.7 Å². The molecule has 0 bridgehead atoms. The zero-order chi connectivity index (χ0) is 13.7. The molecular weight excluding hydrogens is 262 g/mol. The smallest absolute Gasteiger partial charge is 0.258 e. The Morgan fingerprint density at radius 1 is 1.63 bits per heavy atom. The van der Waals surface area contributed by atoms with Crippen LogP contribution in [0.15, 0.2) is 29.6 Å². The number of pyridine rings is 1. The van der Waals surface area contributed by atoms with Crippen molar-refractivity contribution in [1.82, 2.24) is 15.2 Å². The van der Waals surface area contributed by atoms with Crippen molar-refractivity contribution in [2.45, 2.75) is 11.9 Å². The van der Waals surface area contributed by atoms with Gasteiger partial charge < -0.3 is 5.32 Å². The molecule has 2 rings (SSSR count). The number of nitriles is 1. The van der Waals surface area contributed by atoms with Crippen LogP contribution in [-0.2, 0) is 0 Å². The second-order valence-electron chi connectivity index (χ2n) is 3.52. The maximum absolute atomic E-state index is 11.9. The SMILES string of the molecule is CCSc1n[nH]c(NC(=O)c2cccnc2)c1C#N. The molecule has 0 fully saturated rings. The number of aromatic amines is 1. The van der Waals surface area contributed by atoms with Crippen molar-refractivity contribution in [1.29, 1.82) is 5.26 Å². The number of hydrogen-bond acceptors (Lipinski definition) is 5. The average Bonchev–Trinajstić information content (AvgIpc) is 2.82. The van der Waals surface area contributed by atoms with Crippen LogP contribution in [0.1, 0.15) is 22.8 Å². The molecule has 0 atom stereocenters. The molecule has 1 amide bonds. The highest BCUT2D eigenvalue weighted by Crippen LogP contribution is 2.25. The third-order valence-electron chi connectivity index (χ3n) is 2.29. The Bertz CT molecular complexity index is 617. The number of rotatable bonds is 4. The second kappa shape index (κ2) is 6.02. The van der Waals surface area contributed by atoms with E-state index in [2.05, 4.69) is 20.5 Å². The van der Waals surface area contributed by atoms with Crippen molar-refractivity contribution in [2.75, 3.05) is 11.1 Å². The zero-order valence-electron chi connectivity index (χ0n) is 10.2. The number of carbonyl (C=O) groups is 1. The van der Waals surface area contributed by atoms with Crippen LogP contribution >= 0.6 is 11.8 Å². The van der Waals surface area contributed by atoms with E-state index >= 15 is 0 Å². The molecule has 0 aliphatic heterocycles. The van der Waals surface area contributed by atoms with Crippen molar-refractivity contribution in [3.8, 4) is 6.07 Å². The second-order valence-corrected chi connectivity index (χ2v) is 4.77. The molecule has 96 valence electrons. The van der Waals surface area contributed by atoms with Crippen LogP contribution in [0.25, 0.3) is 0 Å². The molecule has 0 unspecified atom stereocenters. The molecule has 7 heteroatoms.